The summed E-state index contributed by atoms with van der Waals surface area (Å²) in [5, 5.41) is 8.75. The van der Waals surface area contributed by atoms with Crippen LogP contribution in [0.1, 0.15) is 21.5 Å². The average Bonchev–Trinajstić information content (AvgIpc) is 2.75. The zero-order valence-corrected chi connectivity index (χ0v) is 12.7. The number of ketones is 1. The Bertz CT molecular complexity index is 858. The Balaban J connectivity index is 2.03. The van der Waals surface area contributed by atoms with Gasteiger partial charge in [-0.1, -0.05) is 12.1 Å². The molecule has 108 valence electrons. The van der Waals surface area contributed by atoms with Gasteiger partial charge < -0.3 is 0 Å². The lowest BCUT2D eigenvalue weighted by Crippen LogP contribution is -2.29. The molecule has 2 aromatic rings. The summed E-state index contributed by atoms with van der Waals surface area (Å²) in [5.74, 6) is -1.88. The van der Waals surface area contributed by atoms with Crippen molar-refractivity contribution < 1.29 is 14.0 Å². The van der Waals surface area contributed by atoms with E-state index in [4.69, 9.17) is 5.26 Å². The number of halogens is 2. The highest BCUT2D eigenvalue weighted by Gasteiger charge is 2.37. The van der Waals surface area contributed by atoms with Gasteiger partial charge in [-0.3, -0.25) is 14.5 Å². The number of fused-ring (bicyclic) bond motifs is 1. The average molecular weight is 359 g/mol. The third-order valence-corrected chi connectivity index (χ3v) is 4.09. The molecule has 0 unspecified atom stereocenters. The lowest BCUT2D eigenvalue weighted by molar-refractivity contribution is -0.114. The highest BCUT2D eigenvalue weighted by atomic mass is 79.9. The van der Waals surface area contributed by atoms with Crippen LogP contribution in [0.3, 0.4) is 0 Å². The van der Waals surface area contributed by atoms with E-state index in [1.807, 2.05) is 6.07 Å². The molecule has 22 heavy (non-hydrogen) atoms. The summed E-state index contributed by atoms with van der Waals surface area (Å²) in [5.41, 5.74) is 1.19. The summed E-state index contributed by atoms with van der Waals surface area (Å²) < 4.78 is 14.6. The molecule has 0 N–H and O–H groups in total. The van der Waals surface area contributed by atoms with Crippen molar-refractivity contribution in [3.05, 3.63) is 63.4 Å². The number of amides is 1. The van der Waals surface area contributed by atoms with Crippen LogP contribution in [-0.2, 0) is 11.3 Å². The SMILES string of the molecule is N#Cc1ccc(CN2C(=O)C(=O)c3cccc(Br)c32)c(F)c1. The minimum Gasteiger partial charge on any atom is -0.299 e. The molecule has 0 radical (unpaired) electrons. The second-order valence-corrected chi connectivity index (χ2v) is 5.63. The first-order valence-corrected chi connectivity index (χ1v) is 7.15. The maximum Gasteiger partial charge on any atom is 0.299 e. The summed E-state index contributed by atoms with van der Waals surface area (Å²) in [6.45, 7) is -0.0717. The van der Waals surface area contributed by atoms with E-state index in [1.54, 1.807) is 18.2 Å². The van der Waals surface area contributed by atoms with Crippen LogP contribution < -0.4 is 4.90 Å². The number of Topliss-reactive ketones (excluding diaryl/α,β-unsaturated/α-hetero) is 1. The Morgan fingerprint density at radius 1 is 1.23 bits per heavy atom. The topological polar surface area (TPSA) is 61.2 Å². The molecule has 0 fully saturated rings. The molecule has 3 rings (SSSR count). The summed E-state index contributed by atoms with van der Waals surface area (Å²) in [6, 6.07) is 10.8. The van der Waals surface area contributed by atoms with Crippen LogP contribution in [0.4, 0.5) is 10.1 Å². The van der Waals surface area contributed by atoms with Gasteiger partial charge in [-0.25, -0.2) is 4.39 Å². The minimum atomic E-state index is -0.689. The smallest absolute Gasteiger partial charge is 0.299 e. The van der Waals surface area contributed by atoms with Crippen LogP contribution in [0.5, 0.6) is 0 Å². The maximum atomic E-state index is 14.0. The zero-order valence-electron chi connectivity index (χ0n) is 11.1. The van der Waals surface area contributed by atoms with Crippen molar-refractivity contribution >= 4 is 33.3 Å². The summed E-state index contributed by atoms with van der Waals surface area (Å²) in [6.07, 6.45) is 0. The second kappa shape index (κ2) is 5.35. The number of carbonyl (C=O) groups excluding carboxylic acids is 2. The van der Waals surface area contributed by atoms with E-state index in [2.05, 4.69) is 15.9 Å². The number of anilines is 1. The van der Waals surface area contributed by atoms with Crippen molar-refractivity contribution in [2.75, 3.05) is 4.90 Å². The molecular weight excluding hydrogens is 351 g/mol. The van der Waals surface area contributed by atoms with Crippen LogP contribution in [-0.4, -0.2) is 11.7 Å². The zero-order chi connectivity index (χ0) is 15.9. The van der Waals surface area contributed by atoms with E-state index in [0.29, 0.717) is 15.7 Å². The Morgan fingerprint density at radius 3 is 2.68 bits per heavy atom. The number of benzene rings is 2. The highest BCUT2D eigenvalue weighted by Crippen LogP contribution is 2.37. The molecule has 1 heterocycles. The summed E-state index contributed by atoms with van der Waals surface area (Å²) in [4.78, 5) is 25.4. The molecule has 0 saturated carbocycles. The first-order valence-electron chi connectivity index (χ1n) is 6.36. The quantitative estimate of drug-likeness (QED) is 0.774. The molecule has 2 aromatic carbocycles. The molecule has 0 aliphatic carbocycles. The van der Waals surface area contributed by atoms with Gasteiger partial charge in [0.15, 0.2) is 0 Å². The largest absolute Gasteiger partial charge is 0.299 e. The van der Waals surface area contributed by atoms with Gasteiger partial charge in [0.2, 0.25) is 0 Å². The number of rotatable bonds is 2. The number of hydrogen-bond acceptors (Lipinski definition) is 3. The van der Waals surface area contributed by atoms with E-state index < -0.39 is 17.5 Å². The van der Waals surface area contributed by atoms with Crippen LogP contribution in [0.2, 0.25) is 0 Å². The number of carbonyl (C=O) groups is 2. The summed E-state index contributed by atoms with van der Waals surface area (Å²) >= 11 is 3.31. The number of hydrogen-bond donors (Lipinski definition) is 0. The number of nitriles is 1. The third-order valence-electron chi connectivity index (χ3n) is 3.45. The van der Waals surface area contributed by atoms with Gasteiger partial charge in [-0.2, -0.15) is 5.26 Å². The molecule has 0 saturated heterocycles. The van der Waals surface area contributed by atoms with Gasteiger partial charge in [-0.15, -0.1) is 0 Å². The number of nitrogens with zero attached hydrogens (tertiary/aromatic N) is 2. The predicted octanol–water partition coefficient (Wildman–Crippen LogP) is 3.19. The monoisotopic (exact) mass is 358 g/mol. The molecule has 4 nitrogen and oxygen atoms in total. The molecule has 6 heteroatoms. The van der Waals surface area contributed by atoms with Gasteiger partial charge in [0.1, 0.15) is 5.82 Å². The van der Waals surface area contributed by atoms with Crippen molar-refractivity contribution in [1.29, 1.82) is 5.26 Å². The fourth-order valence-corrected chi connectivity index (χ4v) is 2.96. The Kier molecular flexibility index (Phi) is 3.51. The predicted molar refractivity (Wildman–Crippen MR) is 80.8 cm³/mol. The first-order chi connectivity index (χ1) is 10.5. The fraction of sp³-hybridized carbons (Fsp3) is 0.0625. The Hall–Kier alpha value is -2.52. The van der Waals surface area contributed by atoms with E-state index in [9.17, 15) is 14.0 Å². The van der Waals surface area contributed by atoms with Crippen LogP contribution in [0.25, 0.3) is 0 Å². The lowest BCUT2D eigenvalue weighted by atomic mass is 10.1. The van der Waals surface area contributed by atoms with Gasteiger partial charge in [0, 0.05) is 10.0 Å². The van der Waals surface area contributed by atoms with Crippen molar-refractivity contribution in [2.24, 2.45) is 0 Å². The standard InChI is InChI=1S/C16H8BrFN2O2/c17-12-3-1-2-11-14(12)20(16(22)15(11)21)8-10-5-4-9(7-19)6-13(10)18/h1-6H,8H2. The molecule has 1 aliphatic heterocycles. The van der Waals surface area contributed by atoms with Gasteiger partial charge in [0.05, 0.1) is 29.4 Å². The lowest BCUT2D eigenvalue weighted by Gasteiger charge is -2.18. The third kappa shape index (κ3) is 2.20. The molecule has 0 atom stereocenters. The van der Waals surface area contributed by atoms with Crippen LogP contribution in [0, 0.1) is 17.1 Å². The molecular formula is C16H8BrFN2O2. The van der Waals surface area contributed by atoms with Crippen molar-refractivity contribution in [3.63, 3.8) is 0 Å². The number of para-hydroxylation sites is 1. The van der Waals surface area contributed by atoms with E-state index in [1.165, 1.54) is 17.0 Å². The Labute approximate surface area is 133 Å². The first kappa shape index (κ1) is 14.4. The van der Waals surface area contributed by atoms with Gasteiger partial charge in [-0.05, 0) is 40.2 Å². The molecule has 0 aromatic heterocycles. The van der Waals surface area contributed by atoms with E-state index in [0.717, 1.165) is 6.07 Å². The highest BCUT2D eigenvalue weighted by molar-refractivity contribution is 9.10. The van der Waals surface area contributed by atoms with Crippen LogP contribution >= 0.6 is 15.9 Å². The summed E-state index contributed by atoms with van der Waals surface area (Å²) in [7, 11) is 0. The minimum absolute atomic E-state index is 0.0717. The molecule has 0 bridgehead atoms. The van der Waals surface area contributed by atoms with Crippen molar-refractivity contribution in [2.45, 2.75) is 6.54 Å². The van der Waals surface area contributed by atoms with E-state index in [-0.39, 0.29) is 17.7 Å². The van der Waals surface area contributed by atoms with Gasteiger partial charge in [0.25, 0.3) is 11.7 Å². The van der Waals surface area contributed by atoms with Crippen molar-refractivity contribution in [1.82, 2.24) is 0 Å². The van der Waals surface area contributed by atoms with Crippen molar-refractivity contribution in [3.8, 4) is 6.07 Å². The normalized spacial score (nSPS) is 13.2. The molecule has 0 spiro atoms. The molecule has 1 aliphatic rings. The molecule has 1 amide bonds. The second-order valence-electron chi connectivity index (χ2n) is 4.77. The fourth-order valence-electron chi connectivity index (χ4n) is 2.38. The van der Waals surface area contributed by atoms with Crippen LogP contribution in [0.15, 0.2) is 40.9 Å². The Morgan fingerprint density at radius 2 is 2.00 bits per heavy atom. The van der Waals surface area contributed by atoms with Gasteiger partial charge >= 0.3 is 0 Å². The maximum absolute atomic E-state index is 14.0. The van der Waals surface area contributed by atoms with E-state index >= 15 is 0 Å².